The lowest BCUT2D eigenvalue weighted by molar-refractivity contribution is -0.890. The van der Waals surface area contributed by atoms with E-state index in [2.05, 4.69) is 36.6 Å². The molecule has 2 N–H and O–H groups in total. The van der Waals surface area contributed by atoms with Crippen LogP contribution in [0, 0.1) is 0 Å². The normalized spacial score (nSPS) is 12.3. The lowest BCUT2D eigenvalue weighted by atomic mass is 10.1. The predicted molar refractivity (Wildman–Crippen MR) is 111 cm³/mol. The molecule has 146 valence electrons. The van der Waals surface area contributed by atoms with Crippen molar-refractivity contribution in [3.05, 3.63) is 76.2 Å². The monoisotopic (exact) mass is 379 g/mol. The molecule has 0 aliphatic heterocycles. The minimum Gasteiger partial charge on any atom is -0.344 e. The molecule has 3 aromatic rings. The number of nitrogens with zero attached hydrogens (tertiary/aromatic N) is 2. The van der Waals surface area contributed by atoms with Gasteiger partial charge in [0.05, 0.1) is 26.0 Å². The molecule has 0 saturated heterocycles. The van der Waals surface area contributed by atoms with Gasteiger partial charge in [-0.25, -0.2) is 4.68 Å². The van der Waals surface area contributed by atoms with Crippen LogP contribution in [-0.4, -0.2) is 36.3 Å². The number of hydrogen-bond acceptors (Lipinski definition) is 3. The highest BCUT2D eigenvalue weighted by atomic mass is 16.2. The molecule has 0 bridgehead atoms. The lowest BCUT2D eigenvalue weighted by Gasteiger charge is -2.22. The maximum Gasteiger partial charge on any atom is 0.274 e. The third-order valence-corrected chi connectivity index (χ3v) is 4.88. The number of benzene rings is 2. The summed E-state index contributed by atoms with van der Waals surface area (Å²) in [4.78, 5) is 26.8. The van der Waals surface area contributed by atoms with Crippen LogP contribution in [0.3, 0.4) is 0 Å². The van der Waals surface area contributed by atoms with Gasteiger partial charge in [0.25, 0.3) is 11.5 Å². The van der Waals surface area contributed by atoms with Gasteiger partial charge in [0, 0.05) is 17.5 Å². The molecule has 3 rings (SSSR count). The minimum absolute atomic E-state index is 0.123. The Bertz CT molecular complexity index is 1010. The first kappa shape index (κ1) is 19.8. The highest BCUT2D eigenvalue weighted by Gasteiger charge is 2.21. The van der Waals surface area contributed by atoms with Crippen molar-refractivity contribution in [3.63, 3.8) is 0 Å². The molecule has 0 unspecified atom stereocenters. The van der Waals surface area contributed by atoms with E-state index in [1.54, 1.807) is 12.1 Å². The molecule has 2 aromatic carbocycles. The molecule has 0 aliphatic rings. The average molecular weight is 379 g/mol. The Labute approximate surface area is 164 Å². The summed E-state index contributed by atoms with van der Waals surface area (Å²) in [5, 5.41) is 8.50. The number of aromatic nitrogens is 2. The maximum absolute atomic E-state index is 13.0. The Morgan fingerprint density at radius 1 is 1.07 bits per heavy atom. The number of likely N-dealkylation sites (N-methyl/N-ethyl adjacent to an activating group) is 1. The number of aryl methyl sites for hydroxylation is 1. The van der Waals surface area contributed by atoms with E-state index in [1.807, 2.05) is 37.3 Å². The maximum atomic E-state index is 13.0. The molecule has 0 spiro atoms. The van der Waals surface area contributed by atoms with E-state index in [0.717, 1.165) is 12.0 Å². The van der Waals surface area contributed by atoms with Gasteiger partial charge in [-0.1, -0.05) is 55.5 Å². The molecular weight excluding hydrogens is 352 g/mol. The number of hydrogen-bond donors (Lipinski definition) is 2. The van der Waals surface area contributed by atoms with Gasteiger partial charge in [-0.15, -0.1) is 0 Å². The first-order valence-corrected chi connectivity index (χ1v) is 9.66. The number of quaternary nitrogens is 1. The number of carbonyl (C=O) groups excluding carboxylic acids is 1. The Hall–Kier alpha value is -2.99. The van der Waals surface area contributed by atoms with E-state index in [9.17, 15) is 9.59 Å². The zero-order chi connectivity index (χ0) is 20.1. The van der Waals surface area contributed by atoms with Crippen LogP contribution in [0.15, 0.2) is 59.4 Å². The predicted octanol–water partition coefficient (Wildman–Crippen LogP) is 1.42. The van der Waals surface area contributed by atoms with Crippen LogP contribution in [0.2, 0.25) is 0 Å². The Morgan fingerprint density at radius 3 is 2.36 bits per heavy atom. The van der Waals surface area contributed by atoms with Crippen molar-refractivity contribution in [1.29, 1.82) is 0 Å². The van der Waals surface area contributed by atoms with E-state index < -0.39 is 0 Å². The standard InChI is InChI=1S/C22H26N4O2/c1-4-14-26-22(28)18-13-9-8-12-17(18)20(24-26)21(27)23-15-19(25(2)3)16-10-6-5-7-11-16/h5-13,19H,4,14-15H2,1-3H3,(H,23,27)/p+1/t19-/m1/s1. The molecule has 1 aromatic heterocycles. The van der Waals surface area contributed by atoms with Crippen LogP contribution in [-0.2, 0) is 6.54 Å². The van der Waals surface area contributed by atoms with Crippen molar-refractivity contribution in [2.24, 2.45) is 0 Å². The van der Waals surface area contributed by atoms with E-state index >= 15 is 0 Å². The van der Waals surface area contributed by atoms with Crippen molar-refractivity contribution in [3.8, 4) is 0 Å². The van der Waals surface area contributed by atoms with Crippen molar-refractivity contribution in [2.75, 3.05) is 20.6 Å². The van der Waals surface area contributed by atoms with Crippen LogP contribution >= 0.6 is 0 Å². The van der Waals surface area contributed by atoms with E-state index in [0.29, 0.717) is 29.6 Å². The molecular formula is C22H27N4O2+. The molecule has 0 fully saturated rings. The van der Waals surface area contributed by atoms with Crippen molar-refractivity contribution < 1.29 is 9.69 Å². The average Bonchev–Trinajstić information content (AvgIpc) is 2.71. The smallest absolute Gasteiger partial charge is 0.274 e. The SMILES string of the molecule is CCCn1nc(C(=O)NC[C@H](c2ccccc2)[NH+](C)C)c2ccccc2c1=O. The molecule has 1 heterocycles. The van der Waals surface area contributed by atoms with Crippen LogP contribution in [0.4, 0.5) is 0 Å². The second-order valence-corrected chi connectivity index (χ2v) is 7.17. The van der Waals surface area contributed by atoms with Gasteiger partial charge in [0.2, 0.25) is 0 Å². The first-order chi connectivity index (χ1) is 13.5. The lowest BCUT2D eigenvalue weighted by Crippen LogP contribution is -3.07. The Morgan fingerprint density at radius 2 is 1.71 bits per heavy atom. The van der Waals surface area contributed by atoms with Gasteiger partial charge >= 0.3 is 0 Å². The zero-order valence-corrected chi connectivity index (χ0v) is 16.6. The highest BCUT2D eigenvalue weighted by molar-refractivity contribution is 6.04. The van der Waals surface area contributed by atoms with E-state index in [4.69, 9.17) is 0 Å². The molecule has 1 amide bonds. The molecule has 6 heteroatoms. The second-order valence-electron chi connectivity index (χ2n) is 7.17. The van der Waals surface area contributed by atoms with Gasteiger partial charge in [0.1, 0.15) is 6.04 Å². The van der Waals surface area contributed by atoms with Crippen LogP contribution in [0.5, 0.6) is 0 Å². The quantitative estimate of drug-likeness (QED) is 0.652. The number of fused-ring (bicyclic) bond motifs is 1. The molecule has 1 atom stereocenters. The summed E-state index contributed by atoms with van der Waals surface area (Å²) in [5.41, 5.74) is 1.30. The summed E-state index contributed by atoms with van der Waals surface area (Å²) in [6.45, 7) is 2.94. The van der Waals surface area contributed by atoms with E-state index in [1.165, 1.54) is 9.58 Å². The number of nitrogens with one attached hydrogen (secondary N) is 2. The van der Waals surface area contributed by atoms with Gasteiger partial charge in [-0.3, -0.25) is 9.59 Å². The van der Waals surface area contributed by atoms with Crippen LogP contribution < -0.4 is 15.8 Å². The fraction of sp³-hybridized carbons (Fsp3) is 0.318. The van der Waals surface area contributed by atoms with Gasteiger partial charge in [-0.2, -0.15) is 5.10 Å². The summed E-state index contributed by atoms with van der Waals surface area (Å²) >= 11 is 0. The van der Waals surface area contributed by atoms with Crippen molar-refractivity contribution in [1.82, 2.24) is 15.1 Å². The highest BCUT2D eigenvalue weighted by Crippen LogP contribution is 2.14. The number of amides is 1. The zero-order valence-electron chi connectivity index (χ0n) is 16.6. The largest absolute Gasteiger partial charge is 0.344 e. The summed E-state index contributed by atoms with van der Waals surface area (Å²) in [7, 11) is 4.14. The summed E-state index contributed by atoms with van der Waals surface area (Å²) in [6.07, 6.45) is 0.770. The molecule has 0 radical (unpaired) electrons. The molecule has 6 nitrogen and oxygen atoms in total. The van der Waals surface area contributed by atoms with Crippen LogP contribution in [0.1, 0.15) is 35.4 Å². The Kier molecular flexibility index (Phi) is 6.21. The summed E-state index contributed by atoms with van der Waals surface area (Å²) in [6, 6.07) is 17.4. The first-order valence-electron chi connectivity index (χ1n) is 9.66. The van der Waals surface area contributed by atoms with Gasteiger partial charge in [0.15, 0.2) is 5.69 Å². The summed E-state index contributed by atoms with van der Waals surface area (Å²) in [5.74, 6) is -0.261. The Balaban J connectivity index is 1.91. The fourth-order valence-electron chi connectivity index (χ4n) is 3.39. The fourth-order valence-corrected chi connectivity index (χ4v) is 3.39. The third-order valence-electron chi connectivity index (χ3n) is 4.88. The molecule has 0 saturated carbocycles. The topological polar surface area (TPSA) is 68.4 Å². The third kappa shape index (κ3) is 4.12. The number of rotatable bonds is 7. The van der Waals surface area contributed by atoms with Crippen molar-refractivity contribution in [2.45, 2.75) is 25.9 Å². The molecule has 0 aliphatic carbocycles. The summed E-state index contributed by atoms with van der Waals surface area (Å²) < 4.78 is 1.39. The van der Waals surface area contributed by atoms with E-state index in [-0.39, 0.29) is 17.5 Å². The van der Waals surface area contributed by atoms with Gasteiger partial charge < -0.3 is 10.2 Å². The minimum atomic E-state index is -0.261. The second kappa shape index (κ2) is 8.80. The number of carbonyl (C=O) groups is 1. The van der Waals surface area contributed by atoms with Gasteiger partial charge in [-0.05, 0) is 12.5 Å². The van der Waals surface area contributed by atoms with Crippen molar-refractivity contribution >= 4 is 16.7 Å². The van der Waals surface area contributed by atoms with Crippen LogP contribution in [0.25, 0.3) is 10.8 Å². The molecule has 28 heavy (non-hydrogen) atoms.